The highest BCUT2D eigenvalue weighted by atomic mass is 16.5. The maximum atomic E-state index is 12.8. The minimum atomic E-state index is -0.326. The smallest absolute Gasteiger partial charge is 0.251 e. The Hall–Kier alpha value is -5.58. The average Bonchev–Trinajstić information content (AvgIpc) is 3.63. The van der Waals surface area contributed by atoms with E-state index in [2.05, 4.69) is 35.4 Å². The van der Waals surface area contributed by atoms with Crippen molar-refractivity contribution in [2.75, 3.05) is 7.11 Å². The Bertz CT molecular complexity index is 1800. The van der Waals surface area contributed by atoms with Gasteiger partial charge in [-0.25, -0.2) is 9.97 Å². The number of aromatic hydroxyl groups is 1. The Morgan fingerprint density at radius 1 is 1.00 bits per heavy atom. The number of pyridine rings is 2. The molecule has 0 aliphatic heterocycles. The molecule has 192 valence electrons. The van der Waals surface area contributed by atoms with E-state index in [4.69, 9.17) is 9.26 Å². The Labute approximate surface area is 221 Å². The molecule has 39 heavy (non-hydrogen) atoms. The molecule has 0 aliphatic rings. The molecule has 0 bridgehead atoms. The van der Waals surface area contributed by atoms with Crippen molar-refractivity contribution in [3.8, 4) is 45.7 Å². The number of phenols is 1. The second kappa shape index (κ2) is 10.1. The third-order valence-corrected chi connectivity index (χ3v) is 6.03. The summed E-state index contributed by atoms with van der Waals surface area (Å²) in [6.45, 7) is 0.0565. The zero-order chi connectivity index (χ0) is 26.8. The predicted octanol–water partition coefficient (Wildman–Crippen LogP) is 4.38. The van der Waals surface area contributed by atoms with Crippen LogP contribution in [0.4, 0.5) is 0 Å². The number of hydrogen-bond acceptors (Lipinski definition) is 9. The number of imidazole rings is 1. The van der Waals surface area contributed by atoms with Crippen LogP contribution in [0, 0.1) is 0 Å². The average molecular weight is 520 g/mol. The molecule has 0 atom stereocenters. The number of rotatable bonds is 7. The summed E-state index contributed by atoms with van der Waals surface area (Å²) in [6, 6.07) is 19.4. The Morgan fingerprint density at radius 3 is 2.74 bits per heavy atom. The third-order valence-electron chi connectivity index (χ3n) is 6.03. The lowest BCUT2D eigenvalue weighted by molar-refractivity contribution is 0.0946. The highest BCUT2D eigenvalue weighted by molar-refractivity contribution is 5.97. The van der Waals surface area contributed by atoms with Crippen molar-refractivity contribution >= 4 is 16.9 Å². The number of nitrogens with one attached hydrogen (secondary N) is 2. The normalized spacial score (nSPS) is 11.0. The standard InChI is InChI=1S/C28H21N7O4/c1-38-28-18(5-4-12-30-28)16-8-10-23(36)19(13-16)25-32-20-9-7-17(14-22(20)33-25)27(37)31-15-24-34-26(35-39-24)21-6-2-3-11-29-21/h2-14,36H,15H2,1H3,(H,31,37)(H,32,33). The van der Waals surface area contributed by atoms with Crippen LogP contribution < -0.4 is 10.1 Å². The zero-order valence-corrected chi connectivity index (χ0v) is 20.6. The Morgan fingerprint density at radius 2 is 1.90 bits per heavy atom. The molecule has 0 aliphatic carbocycles. The number of hydrogen-bond donors (Lipinski definition) is 3. The predicted molar refractivity (Wildman–Crippen MR) is 142 cm³/mol. The molecule has 4 heterocycles. The van der Waals surface area contributed by atoms with E-state index in [9.17, 15) is 9.90 Å². The van der Waals surface area contributed by atoms with Crippen LogP contribution in [0.25, 0.3) is 45.1 Å². The molecule has 4 aromatic heterocycles. The van der Waals surface area contributed by atoms with E-state index in [0.717, 1.165) is 11.1 Å². The quantitative estimate of drug-likeness (QED) is 0.279. The van der Waals surface area contributed by atoms with Crippen molar-refractivity contribution in [2.24, 2.45) is 0 Å². The van der Waals surface area contributed by atoms with E-state index in [1.54, 1.807) is 62.0 Å². The molecule has 0 unspecified atom stereocenters. The molecule has 0 fully saturated rings. The topological polar surface area (TPSA) is 152 Å². The molecular formula is C28H21N7O4. The van der Waals surface area contributed by atoms with Crippen molar-refractivity contribution in [2.45, 2.75) is 6.54 Å². The number of fused-ring (bicyclic) bond motifs is 1. The molecule has 0 saturated carbocycles. The third kappa shape index (κ3) is 4.76. The molecule has 0 radical (unpaired) electrons. The van der Waals surface area contributed by atoms with Crippen LogP contribution in [0.2, 0.25) is 0 Å². The second-order valence-corrected chi connectivity index (χ2v) is 8.52. The molecule has 6 aromatic rings. The number of carbonyl (C=O) groups is 1. The first-order chi connectivity index (χ1) is 19.1. The van der Waals surface area contributed by atoms with Gasteiger partial charge in [0.15, 0.2) is 0 Å². The molecule has 2 aromatic carbocycles. The van der Waals surface area contributed by atoms with Crippen molar-refractivity contribution in [3.05, 3.63) is 90.6 Å². The van der Waals surface area contributed by atoms with Gasteiger partial charge in [-0.2, -0.15) is 4.98 Å². The van der Waals surface area contributed by atoms with Gasteiger partial charge in [0, 0.05) is 23.5 Å². The van der Waals surface area contributed by atoms with Crippen LogP contribution in [0.3, 0.4) is 0 Å². The summed E-state index contributed by atoms with van der Waals surface area (Å²) >= 11 is 0. The number of amides is 1. The lowest BCUT2D eigenvalue weighted by atomic mass is 10.0. The number of aromatic nitrogens is 6. The SMILES string of the molecule is COc1ncccc1-c1ccc(O)c(-c2nc3cc(C(=O)NCc4nc(-c5ccccn5)no4)ccc3[nH]2)c1. The molecule has 1 amide bonds. The van der Waals surface area contributed by atoms with E-state index < -0.39 is 0 Å². The number of methoxy groups -OCH3 is 1. The van der Waals surface area contributed by atoms with Crippen LogP contribution >= 0.6 is 0 Å². The molecule has 3 N–H and O–H groups in total. The van der Waals surface area contributed by atoms with E-state index in [1.807, 2.05) is 24.3 Å². The first-order valence-corrected chi connectivity index (χ1v) is 11.9. The second-order valence-electron chi connectivity index (χ2n) is 8.52. The van der Waals surface area contributed by atoms with Crippen molar-refractivity contribution in [1.29, 1.82) is 0 Å². The van der Waals surface area contributed by atoms with Crippen LogP contribution in [0.5, 0.6) is 11.6 Å². The molecule has 6 rings (SSSR count). The van der Waals surface area contributed by atoms with Gasteiger partial charge in [-0.15, -0.1) is 0 Å². The lowest BCUT2D eigenvalue weighted by Crippen LogP contribution is -2.22. The number of aromatic amines is 1. The fourth-order valence-electron chi connectivity index (χ4n) is 4.12. The van der Waals surface area contributed by atoms with Crippen LogP contribution in [-0.4, -0.2) is 48.2 Å². The minimum Gasteiger partial charge on any atom is -0.507 e. The van der Waals surface area contributed by atoms with Crippen LogP contribution in [-0.2, 0) is 6.54 Å². The summed E-state index contributed by atoms with van der Waals surface area (Å²) in [4.78, 5) is 33.4. The molecular weight excluding hydrogens is 498 g/mol. The number of nitrogens with zero attached hydrogens (tertiary/aromatic N) is 5. The number of H-pyrrole nitrogens is 1. The highest BCUT2D eigenvalue weighted by Gasteiger charge is 2.16. The van der Waals surface area contributed by atoms with Gasteiger partial charge in [0.1, 0.15) is 17.3 Å². The first-order valence-electron chi connectivity index (χ1n) is 11.9. The maximum absolute atomic E-state index is 12.8. The number of phenolic OH excluding ortho intramolecular Hbond substituents is 1. The van der Waals surface area contributed by atoms with E-state index in [0.29, 0.717) is 45.4 Å². The molecule has 0 spiro atoms. The van der Waals surface area contributed by atoms with Crippen molar-refractivity contribution in [3.63, 3.8) is 0 Å². The van der Waals surface area contributed by atoms with Crippen molar-refractivity contribution in [1.82, 2.24) is 35.4 Å². The monoisotopic (exact) mass is 519 g/mol. The van der Waals surface area contributed by atoms with Crippen LogP contribution in [0.15, 0.2) is 83.6 Å². The highest BCUT2D eigenvalue weighted by Crippen LogP contribution is 2.35. The van der Waals surface area contributed by atoms with Crippen LogP contribution in [0.1, 0.15) is 16.2 Å². The summed E-state index contributed by atoms with van der Waals surface area (Å²) in [5.74, 6) is 1.27. The van der Waals surface area contributed by atoms with Gasteiger partial charge in [-0.1, -0.05) is 17.3 Å². The van der Waals surface area contributed by atoms with Crippen molar-refractivity contribution < 1.29 is 19.2 Å². The summed E-state index contributed by atoms with van der Waals surface area (Å²) in [7, 11) is 1.56. The Kier molecular flexibility index (Phi) is 6.13. The van der Waals surface area contributed by atoms with Gasteiger partial charge in [-0.3, -0.25) is 9.78 Å². The molecule has 11 nitrogen and oxygen atoms in total. The van der Waals surface area contributed by atoms with Gasteiger partial charge in [0.05, 0.1) is 30.3 Å². The zero-order valence-electron chi connectivity index (χ0n) is 20.6. The lowest BCUT2D eigenvalue weighted by Gasteiger charge is -2.09. The summed E-state index contributed by atoms with van der Waals surface area (Å²) < 4.78 is 10.6. The fraction of sp³-hybridized carbons (Fsp3) is 0.0714. The summed E-state index contributed by atoms with van der Waals surface area (Å²) in [6.07, 6.45) is 3.29. The Balaban J connectivity index is 1.22. The summed E-state index contributed by atoms with van der Waals surface area (Å²) in [5, 5.41) is 17.3. The largest absolute Gasteiger partial charge is 0.507 e. The first kappa shape index (κ1) is 23.8. The maximum Gasteiger partial charge on any atom is 0.251 e. The fourth-order valence-corrected chi connectivity index (χ4v) is 4.12. The number of carbonyl (C=O) groups excluding carboxylic acids is 1. The van der Waals surface area contributed by atoms with E-state index >= 15 is 0 Å². The van der Waals surface area contributed by atoms with Gasteiger partial charge in [-0.05, 0) is 60.2 Å². The van der Waals surface area contributed by atoms with Gasteiger partial charge in [0.25, 0.3) is 5.91 Å². The molecule has 11 heteroatoms. The van der Waals surface area contributed by atoms with Gasteiger partial charge >= 0.3 is 0 Å². The minimum absolute atomic E-state index is 0.0565. The van der Waals surface area contributed by atoms with E-state index in [-0.39, 0.29) is 24.1 Å². The molecule has 0 saturated heterocycles. The summed E-state index contributed by atoms with van der Waals surface area (Å²) in [5.41, 5.74) is 4.35. The number of benzene rings is 2. The number of ether oxygens (including phenoxy) is 1. The van der Waals surface area contributed by atoms with E-state index in [1.165, 1.54) is 0 Å². The van der Waals surface area contributed by atoms with Gasteiger partial charge in [0.2, 0.25) is 17.6 Å². The van der Waals surface area contributed by atoms with Gasteiger partial charge < -0.3 is 24.7 Å².